The monoisotopic (exact) mass is 194 g/mol. The number of hydrogen-bond acceptors (Lipinski definition) is 3. The predicted octanol–water partition coefficient (Wildman–Crippen LogP) is 0.918. The van der Waals surface area contributed by atoms with Gasteiger partial charge in [-0.2, -0.15) is 0 Å². The summed E-state index contributed by atoms with van der Waals surface area (Å²) in [6.07, 6.45) is 4.46. The van der Waals surface area contributed by atoms with Gasteiger partial charge in [0, 0.05) is 19.2 Å². The van der Waals surface area contributed by atoms with Crippen LogP contribution in [0, 0.1) is 5.92 Å². The van der Waals surface area contributed by atoms with E-state index in [-0.39, 0.29) is 0 Å². The highest BCUT2D eigenvalue weighted by Crippen LogP contribution is 2.30. The van der Waals surface area contributed by atoms with Crippen molar-refractivity contribution < 1.29 is 0 Å². The first-order valence-corrected chi connectivity index (χ1v) is 5.38. The molecule has 2 atom stereocenters. The smallest absolute Gasteiger partial charge is 0.0861 e. The van der Waals surface area contributed by atoms with Crippen molar-refractivity contribution in [3.05, 3.63) is 11.9 Å². The Bertz CT molecular complexity index is 294. The van der Waals surface area contributed by atoms with Crippen LogP contribution >= 0.6 is 0 Å². The van der Waals surface area contributed by atoms with Crippen LogP contribution in [0.3, 0.4) is 0 Å². The molecule has 4 heteroatoms. The van der Waals surface area contributed by atoms with Crippen molar-refractivity contribution >= 4 is 0 Å². The lowest BCUT2D eigenvalue weighted by atomic mass is 9.83. The highest BCUT2D eigenvalue weighted by molar-refractivity contribution is 5.06. The molecule has 2 unspecified atom stereocenters. The Morgan fingerprint density at radius 1 is 1.64 bits per heavy atom. The lowest BCUT2D eigenvalue weighted by Gasteiger charge is -2.29. The summed E-state index contributed by atoms with van der Waals surface area (Å²) < 4.78 is 1.80. The molecule has 0 aromatic carbocycles. The van der Waals surface area contributed by atoms with Crippen molar-refractivity contribution in [2.75, 3.05) is 13.1 Å². The van der Waals surface area contributed by atoms with Gasteiger partial charge in [-0.05, 0) is 25.4 Å². The average molecular weight is 194 g/mol. The van der Waals surface area contributed by atoms with Gasteiger partial charge in [0.25, 0.3) is 0 Å². The summed E-state index contributed by atoms with van der Waals surface area (Å²) in [5, 5.41) is 11.7. The molecule has 0 radical (unpaired) electrons. The molecule has 1 saturated heterocycles. The minimum Gasteiger partial charge on any atom is -0.316 e. The van der Waals surface area contributed by atoms with E-state index in [4.69, 9.17) is 0 Å². The molecule has 0 spiro atoms. The molecule has 0 bridgehead atoms. The van der Waals surface area contributed by atoms with Gasteiger partial charge in [-0.1, -0.05) is 18.6 Å². The zero-order valence-corrected chi connectivity index (χ0v) is 8.90. The molecule has 0 aliphatic carbocycles. The lowest BCUT2D eigenvalue weighted by molar-refractivity contribution is 0.313. The second kappa shape index (κ2) is 4.09. The van der Waals surface area contributed by atoms with E-state index >= 15 is 0 Å². The molecule has 78 valence electrons. The molecule has 2 rings (SSSR count). The molecular formula is C10H18N4. The second-order valence-electron chi connectivity index (χ2n) is 4.08. The standard InChI is InChI=1S/C10H18N4/c1-3-8-6-11-5-4-9(8)10-7-14(2)13-12-10/h7-9,11H,3-6H2,1-2H3. The first kappa shape index (κ1) is 9.65. The molecular weight excluding hydrogens is 176 g/mol. The molecule has 2 heterocycles. The highest BCUT2D eigenvalue weighted by Gasteiger charge is 2.26. The van der Waals surface area contributed by atoms with Gasteiger partial charge in [0.15, 0.2) is 0 Å². The first-order chi connectivity index (χ1) is 6.81. The maximum absolute atomic E-state index is 4.22. The van der Waals surface area contributed by atoms with Gasteiger partial charge >= 0.3 is 0 Å². The lowest BCUT2D eigenvalue weighted by Crippen LogP contribution is -2.35. The van der Waals surface area contributed by atoms with Gasteiger partial charge in [-0.25, -0.2) is 0 Å². The predicted molar refractivity (Wildman–Crippen MR) is 55.0 cm³/mol. The van der Waals surface area contributed by atoms with E-state index in [0.29, 0.717) is 5.92 Å². The van der Waals surface area contributed by atoms with Crippen molar-refractivity contribution in [1.82, 2.24) is 20.3 Å². The Labute approximate surface area is 84.7 Å². The van der Waals surface area contributed by atoms with E-state index in [1.54, 1.807) is 4.68 Å². The van der Waals surface area contributed by atoms with Gasteiger partial charge in [0.05, 0.1) is 5.69 Å². The largest absolute Gasteiger partial charge is 0.316 e. The highest BCUT2D eigenvalue weighted by atomic mass is 15.4. The number of aryl methyl sites for hydroxylation is 1. The molecule has 1 aliphatic heterocycles. The summed E-state index contributed by atoms with van der Waals surface area (Å²) in [6.45, 7) is 4.48. The number of aromatic nitrogens is 3. The summed E-state index contributed by atoms with van der Waals surface area (Å²) in [5.74, 6) is 1.33. The summed E-state index contributed by atoms with van der Waals surface area (Å²) in [6, 6.07) is 0. The second-order valence-corrected chi connectivity index (χ2v) is 4.08. The average Bonchev–Trinajstić information content (AvgIpc) is 2.65. The van der Waals surface area contributed by atoms with E-state index in [0.717, 1.165) is 19.0 Å². The number of rotatable bonds is 2. The van der Waals surface area contributed by atoms with Crippen LogP contribution in [0.15, 0.2) is 6.20 Å². The number of hydrogen-bond donors (Lipinski definition) is 1. The molecule has 1 fully saturated rings. The minimum atomic E-state index is 0.606. The van der Waals surface area contributed by atoms with Crippen LogP contribution in [-0.4, -0.2) is 28.1 Å². The molecule has 0 saturated carbocycles. The number of nitrogens with one attached hydrogen (secondary N) is 1. The number of nitrogens with zero attached hydrogens (tertiary/aromatic N) is 3. The van der Waals surface area contributed by atoms with Crippen LogP contribution in [0.25, 0.3) is 0 Å². The van der Waals surface area contributed by atoms with Crippen LogP contribution < -0.4 is 5.32 Å². The molecule has 1 N–H and O–H groups in total. The molecule has 1 aliphatic rings. The molecule has 14 heavy (non-hydrogen) atoms. The third-order valence-electron chi connectivity index (χ3n) is 3.13. The van der Waals surface area contributed by atoms with Gasteiger partial charge in [-0.15, -0.1) is 5.10 Å². The summed E-state index contributed by atoms with van der Waals surface area (Å²) in [5.41, 5.74) is 1.17. The fourth-order valence-electron chi connectivity index (χ4n) is 2.28. The maximum Gasteiger partial charge on any atom is 0.0861 e. The van der Waals surface area contributed by atoms with Crippen molar-refractivity contribution in [3.8, 4) is 0 Å². The first-order valence-electron chi connectivity index (χ1n) is 5.38. The third-order valence-corrected chi connectivity index (χ3v) is 3.13. The molecule has 1 aromatic heterocycles. The van der Waals surface area contributed by atoms with Gasteiger partial charge in [0.2, 0.25) is 0 Å². The van der Waals surface area contributed by atoms with E-state index in [2.05, 4.69) is 28.7 Å². The fraction of sp³-hybridized carbons (Fsp3) is 0.800. The van der Waals surface area contributed by atoms with Crippen molar-refractivity contribution in [3.63, 3.8) is 0 Å². The Kier molecular flexibility index (Phi) is 2.82. The Morgan fingerprint density at radius 2 is 2.50 bits per heavy atom. The van der Waals surface area contributed by atoms with E-state index in [9.17, 15) is 0 Å². The van der Waals surface area contributed by atoms with Crippen molar-refractivity contribution in [1.29, 1.82) is 0 Å². The van der Waals surface area contributed by atoms with Gasteiger partial charge < -0.3 is 5.32 Å². The number of piperidine rings is 1. The molecule has 4 nitrogen and oxygen atoms in total. The van der Waals surface area contributed by atoms with Gasteiger partial charge in [-0.3, -0.25) is 4.68 Å². The van der Waals surface area contributed by atoms with Crippen LogP contribution in [0.5, 0.6) is 0 Å². The molecule has 0 amide bonds. The van der Waals surface area contributed by atoms with Crippen LogP contribution in [0.4, 0.5) is 0 Å². The van der Waals surface area contributed by atoms with Gasteiger partial charge in [0.1, 0.15) is 0 Å². The summed E-state index contributed by atoms with van der Waals surface area (Å²) >= 11 is 0. The topological polar surface area (TPSA) is 42.7 Å². The van der Waals surface area contributed by atoms with Crippen LogP contribution in [0.2, 0.25) is 0 Å². The quantitative estimate of drug-likeness (QED) is 0.761. The van der Waals surface area contributed by atoms with Crippen LogP contribution in [0.1, 0.15) is 31.4 Å². The van der Waals surface area contributed by atoms with Crippen molar-refractivity contribution in [2.24, 2.45) is 13.0 Å². The van der Waals surface area contributed by atoms with E-state index < -0.39 is 0 Å². The summed E-state index contributed by atoms with van der Waals surface area (Å²) in [4.78, 5) is 0. The van der Waals surface area contributed by atoms with E-state index in [1.807, 2.05) is 7.05 Å². The Morgan fingerprint density at radius 3 is 3.14 bits per heavy atom. The molecule has 1 aromatic rings. The third kappa shape index (κ3) is 1.80. The maximum atomic E-state index is 4.22. The zero-order chi connectivity index (χ0) is 9.97. The minimum absolute atomic E-state index is 0.606. The van der Waals surface area contributed by atoms with Crippen LogP contribution in [-0.2, 0) is 7.05 Å². The normalized spacial score (nSPS) is 27.9. The Hall–Kier alpha value is -0.900. The zero-order valence-electron chi connectivity index (χ0n) is 8.90. The van der Waals surface area contributed by atoms with Crippen molar-refractivity contribution in [2.45, 2.75) is 25.7 Å². The summed E-state index contributed by atoms with van der Waals surface area (Å²) in [7, 11) is 1.93. The fourth-order valence-corrected chi connectivity index (χ4v) is 2.28. The SMILES string of the molecule is CCC1CNCCC1c1cn(C)nn1. The Balaban J connectivity index is 2.14. The van der Waals surface area contributed by atoms with E-state index in [1.165, 1.54) is 18.5 Å².